The number of nitrogens with zero attached hydrogens (tertiary/aromatic N) is 3. The summed E-state index contributed by atoms with van der Waals surface area (Å²) >= 11 is 0. The highest BCUT2D eigenvalue weighted by Gasteiger charge is 2.31. The van der Waals surface area contributed by atoms with Gasteiger partial charge in [-0.2, -0.15) is 0 Å². The lowest BCUT2D eigenvalue weighted by atomic mass is 10.1. The fourth-order valence-corrected chi connectivity index (χ4v) is 3.19. The van der Waals surface area contributed by atoms with Crippen molar-refractivity contribution in [1.82, 2.24) is 19.4 Å². The molecule has 0 spiro atoms. The Labute approximate surface area is 152 Å². The van der Waals surface area contributed by atoms with Gasteiger partial charge in [-0.05, 0) is 12.1 Å². The van der Waals surface area contributed by atoms with Gasteiger partial charge in [0.15, 0.2) is 0 Å². The summed E-state index contributed by atoms with van der Waals surface area (Å²) < 4.78 is 17.4. The van der Waals surface area contributed by atoms with Crippen LogP contribution in [0, 0.1) is 5.82 Å². The molecule has 9 heteroatoms. The molecule has 0 fully saturated rings. The summed E-state index contributed by atoms with van der Waals surface area (Å²) in [6.07, 6.45) is 3.84. The Morgan fingerprint density at radius 2 is 1.96 bits per heavy atom. The van der Waals surface area contributed by atoms with Crippen LogP contribution in [0.1, 0.15) is 33.5 Å². The maximum Gasteiger partial charge on any atom is 0.262 e. The molecule has 0 bridgehead atoms. The van der Waals surface area contributed by atoms with Crippen molar-refractivity contribution in [3.63, 3.8) is 0 Å². The summed E-state index contributed by atoms with van der Waals surface area (Å²) in [7, 11) is 0. The quantitative estimate of drug-likeness (QED) is 0.676. The van der Waals surface area contributed by atoms with Gasteiger partial charge < -0.3 is 10.3 Å². The minimum Gasteiger partial charge on any atom is -0.384 e. The summed E-state index contributed by atoms with van der Waals surface area (Å²) in [5, 5.41) is 2.09. The maximum atomic E-state index is 14.8. The van der Waals surface area contributed by atoms with Crippen molar-refractivity contribution >= 4 is 17.6 Å². The molecule has 4 rings (SSSR count). The van der Waals surface area contributed by atoms with Crippen molar-refractivity contribution in [1.29, 1.82) is 0 Å². The molecule has 0 unspecified atom stereocenters. The van der Waals surface area contributed by atoms with Gasteiger partial charge in [-0.15, -0.1) is 0 Å². The largest absolute Gasteiger partial charge is 0.384 e. The van der Waals surface area contributed by atoms with E-state index in [4.69, 9.17) is 5.73 Å². The number of fused-ring (bicyclic) bond motifs is 1. The van der Waals surface area contributed by atoms with E-state index in [-0.39, 0.29) is 28.3 Å². The van der Waals surface area contributed by atoms with Crippen LogP contribution in [0.3, 0.4) is 0 Å². The van der Waals surface area contributed by atoms with Crippen LogP contribution in [0.15, 0.2) is 41.5 Å². The van der Waals surface area contributed by atoms with E-state index in [0.29, 0.717) is 12.2 Å². The second kappa shape index (κ2) is 5.90. The zero-order valence-corrected chi connectivity index (χ0v) is 14.2. The Bertz CT molecular complexity index is 1180. The van der Waals surface area contributed by atoms with Crippen LogP contribution in [0.2, 0.25) is 0 Å². The number of rotatable bonds is 3. The van der Waals surface area contributed by atoms with E-state index in [1.807, 2.05) is 6.92 Å². The zero-order valence-electron chi connectivity index (χ0n) is 14.2. The SMILES string of the molecule is CCc1nccn1-c1ccc(-n2c(N)c3c(cc2=O)C(=O)NC3=O)cc1F. The molecular weight excluding hydrogens is 353 g/mol. The van der Waals surface area contributed by atoms with Crippen LogP contribution < -0.4 is 16.6 Å². The molecule has 0 atom stereocenters. The minimum atomic E-state index is -0.690. The Hall–Kier alpha value is -3.75. The Morgan fingerprint density at radius 1 is 1.19 bits per heavy atom. The highest BCUT2D eigenvalue weighted by molar-refractivity contribution is 6.23. The monoisotopic (exact) mass is 367 g/mol. The number of hydrogen-bond donors (Lipinski definition) is 2. The first kappa shape index (κ1) is 16.7. The Kier molecular flexibility index (Phi) is 3.65. The van der Waals surface area contributed by atoms with E-state index in [1.54, 1.807) is 17.0 Å². The van der Waals surface area contributed by atoms with Crippen LogP contribution in [-0.2, 0) is 6.42 Å². The molecular formula is C18H14FN5O3. The van der Waals surface area contributed by atoms with Gasteiger partial charge in [-0.25, -0.2) is 9.37 Å². The van der Waals surface area contributed by atoms with Crippen LogP contribution in [-0.4, -0.2) is 25.9 Å². The van der Waals surface area contributed by atoms with Crippen molar-refractivity contribution in [2.45, 2.75) is 13.3 Å². The lowest BCUT2D eigenvalue weighted by Gasteiger charge is -2.14. The van der Waals surface area contributed by atoms with Crippen LogP contribution in [0.4, 0.5) is 10.2 Å². The molecule has 3 N–H and O–H groups in total. The lowest BCUT2D eigenvalue weighted by molar-refractivity contribution is 0.0880. The van der Waals surface area contributed by atoms with Gasteiger partial charge in [0, 0.05) is 30.9 Å². The number of nitrogen functional groups attached to an aromatic ring is 1. The summed E-state index contributed by atoms with van der Waals surface area (Å²) in [5.74, 6) is -1.49. The van der Waals surface area contributed by atoms with E-state index in [1.165, 1.54) is 12.1 Å². The van der Waals surface area contributed by atoms with Gasteiger partial charge in [0.05, 0.1) is 22.5 Å². The summed E-state index contributed by atoms with van der Waals surface area (Å²) in [5.41, 5.74) is 5.57. The first-order chi connectivity index (χ1) is 12.9. The molecule has 3 heterocycles. The highest BCUT2D eigenvalue weighted by Crippen LogP contribution is 2.25. The average Bonchev–Trinajstić information content (AvgIpc) is 3.19. The molecule has 2 aromatic heterocycles. The van der Waals surface area contributed by atoms with Gasteiger partial charge in [0.1, 0.15) is 17.5 Å². The number of carbonyl (C=O) groups is 2. The van der Waals surface area contributed by atoms with Gasteiger partial charge in [-0.3, -0.25) is 24.3 Å². The van der Waals surface area contributed by atoms with Crippen molar-refractivity contribution in [2.24, 2.45) is 0 Å². The standard InChI is InChI=1S/C18H14FN5O3/c1-2-13-21-5-6-23(13)12-4-3-9(7-11(12)19)24-14(25)8-10-15(16(24)20)18(27)22-17(10)26/h3-8H,2,20H2,1H3,(H,22,26,27). The molecule has 0 saturated heterocycles. The molecule has 2 amide bonds. The van der Waals surface area contributed by atoms with Gasteiger partial charge >= 0.3 is 0 Å². The molecule has 0 saturated carbocycles. The Balaban J connectivity index is 1.88. The Morgan fingerprint density at radius 3 is 2.67 bits per heavy atom. The molecule has 0 radical (unpaired) electrons. The predicted molar refractivity (Wildman–Crippen MR) is 94.7 cm³/mol. The number of aromatic nitrogens is 3. The zero-order chi connectivity index (χ0) is 19.3. The van der Waals surface area contributed by atoms with Gasteiger partial charge in [0.25, 0.3) is 17.4 Å². The number of amides is 2. The molecule has 27 heavy (non-hydrogen) atoms. The third-order valence-electron chi connectivity index (χ3n) is 4.44. The summed E-state index contributed by atoms with van der Waals surface area (Å²) in [6, 6.07) is 5.17. The number of nitrogens with one attached hydrogen (secondary N) is 1. The van der Waals surface area contributed by atoms with E-state index in [0.717, 1.165) is 16.7 Å². The third-order valence-corrected chi connectivity index (χ3v) is 4.44. The van der Waals surface area contributed by atoms with Crippen molar-refractivity contribution in [3.8, 4) is 11.4 Å². The lowest BCUT2D eigenvalue weighted by Crippen LogP contribution is -2.24. The summed E-state index contributed by atoms with van der Waals surface area (Å²) in [6.45, 7) is 1.91. The fourth-order valence-electron chi connectivity index (χ4n) is 3.19. The second-order valence-corrected chi connectivity index (χ2v) is 5.98. The fraction of sp³-hybridized carbons (Fsp3) is 0.111. The molecule has 136 valence electrons. The first-order valence-electron chi connectivity index (χ1n) is 8.16. The van der Waals surface area contributed by atoms with Crippen LogP contribution >= 0.6 is 0 Å². The van der Waals surface area contributed by atoms with E-state index >= 15 is 0 Å². The smallest absolute Gasteiger partial charge is 0.262 e. The van der Waals surface area contributed by atoms with Gasteiger partial charge in [-0.1, -0.05) is 6.92 Å². The number of benzene rings is 1. The number of halogens is 1. The highest BCUT2D eigenvalue weighted by atomic mass is 19.1. The number of pyridine rings is 1. The van der Waals surface area contributed by atoms with Crippen molar-refractivity contribution < 1.29 is 14.0 Å². The predicted octanol–water partition coefficient (Wildman–Crippen LogP) is 1.19. The number of nitrogens with two attached hydrogens (primary N) is 1. The van der Waals surface area contributed by atoms with Crippen molar-refractivity contribution in [3.05, 3.63) is 69.8 Å². The normalized spacial score (nSPS) is 13.0. The van der Waals surface area contributed by atoms with E-state index < -0.39 is 23.2 Å². The van der Waals surface area contributed by atoms with Crippen molar-refractivity contribution in [2.75, 3.05) is 5.73 Å². The number of aryl methyl sites for hydroxylation is 1. The van der Waals surface area contributed by atoms with Gasteiger partial charge in [0.2, 0.25) is 0 Å². The number of imide groups is 1. The summed E-state index contributed by atoms with van der Waals surface area (Å²) in [4.78, 5) is 40.2. The number of carbonyl (C=O) groups excluding carboxylic acids is 2. The molecule has 8 nitrogen and oxygen atoms in total. The van der Waals surface area contributed by atoms with E-state index in [2.05, 4.69) is 10.3 Å². The first-order valence-corrected chi connectivity index (χ1v) is 8.16. The maximum absolute atomic E-state index is 14.8. The molecule has 0 aliphatic carbocycles. The molecule has 1 aliphatic heterocycles. The molecule has 1 aromatic carbocycles. The third kappa shape index (κ3) is 2.43. The molecule has 1 aliphatic rings. The second-order valence-electron chi connectivity index (χ2n) is 5.98. The average molecular weight is 367 g/mol. The van der Waals surface area contributed by atoms with E-state index in [9.17, 15) is 18.8 Å². The minimum absolute atomic E-state index is 0.0816. The topological polar surface area (TPSA) is 112 Å². The van der Waals surface area contributed by atoms with Crippen LogP contribution in [0.5, 0.6) is 0 Å². The molecule has 3 aromatic rings. The van der Waals surface area contributed by atoms with Crippen LogP contribution in [0.25, 0.3) is 11.4 Å². The number of imidazole rings is 1. The number of hydrogen-bond acceptors (Lipinski definition) is 5. The number of anilines is 1.